The van der Waals surface area contributed by atoms with E-state index in [-0.39, 0.29) is 12.3 Å². The van der Waals surface area contributed by atoms with Crippen LogP contribution in [0, 0.1) is 0 Å². The molecule has 138 valence electrons. The summed E-state index contributed by atoms with van der Waals surface area (Å²) in [7, 11) is 0. The van der Waals surface area contributed by atoms with E-state index in [0.717, 1.165) is 11.3 Å². The number of para-hydroxylation sites is 1. The van der Waals surface area contributed by atoms with Gasteiger partial charge in [0.2, 0.25) is 0 Å². The molecule has 0 saturated heterocycles. The highest BCUT2D eigenvalue weighted by atomic mass is 35.5. The van der Waals surface area contributed by atoms with Gasteiger partial charge in [-0.15, -0.1) is 5.10 Å². The number of ether oxygens (including phenoxy) is 1. The second kappa shape index (κ2) is 8.02. The van der Waals surface area contributed by atoms with Crippen LogP contribution in [-0.4, -0.2) is 26.0 Å². The van der Waals surface area contributed by atoms with Crippen LogP contribution in [0.4, 0.5) is 0 Å². The van der Waals surface area contributed by atoms with E-state index in [0.29, 0.717) is 22.2 Å². The van der Waals surface area contributed by atoms with Gasteiger partial charge in [-0.1, -0.05) is 29.8 Å². The van der Waals surface area contributed by atoms with Gasteiger partial charge in [0.15, 0.2) is 11.6 Å². The molecule has 0 unspecified atom stereocenters. The van der Waals surface area contributed by atoms with E-state index in [1.54, 1.807) is 36.4 Å². The summed E-state index contributed by atoms with van der Waals surface area (Å²) in [5, 5.41) is 12.2. The number of tetrazole rings is 1. The van der Waals surface area contributed by atoms with Crippen LogP contribution < -0.4 is 4.74 Å². The fourth-order valence-electron chi connectivity index (χ4n) is 2.68. The van der Waals surface area contributed by atoms with E-state index < -0.39 is 0 Å². The van der Waals surface area contributed by atoms with Gasteiger partial charge >= 0.3 is 0 Å². The highest BCUT2D eigenvalue weighted by Crippen LogP contribution is 2.22. The van der Waals surface area contributed by atoms with Gasteiger partial charge in [0.1, 0.15) is 18.0 Å². The molecule has 0 atom stereocenters. The van der Waals surface area contributed by atoms with Crippen molar-refractivity contribution in [2.24, 2.45) is 0 Å². The molecule has 4 rings (SSSR count). The van der Waals surface area contributed by atoms with Crippen LogP contribution in [0.25, 0.3) is 11.4 Å². The third-order valence-electron chi connectivity index (χ3n) is 4.08. The molecule has 0 aliphatic rings. The lowest BCUT2D eigenvalue weighted by Crippen LogP contribution is -2.13. The summed E-state index contributed by atoms with van der Waals surface area (Å²) in [5.41, 5.74) is 1.34. The lowest BCUT2D eigenvalue weighted by molar-refractivity contribution is 0.0967. The molecule has 0 spiro atoms. The molecule has 0 aliphatic heterocycles. The second-order valence-corrected chi connectivity index (χ2v) is 6.47. The number of rotatable bonds is 6. The molecule has 4 aromatic rings. The SMILES string of the molecule is O=C(Cn1nnnc1-c1ccc(Cl)cc1)c1ccc(Oc2ccccc2)cc1. The molecule has 0 saturated carbocycles. The van der Waals surface area contributed by atoms with Crippen molar-refractivity contribution in [1.82, 2.24) is 20.2 Å². The van der Waals surface area contributed by atoms with Crippen LogP contribution >= 0.6 is 11.6 Å². The third kappa shape index (κ3) is 4.07. The second-order valence-electron chi connectivity index (χ2n) is 6.03. The van der Waals surface area contributed by atoms with Gasteiger partial charge in [-0.2, -0.15) is 0 Å². The average molecular weight is 391 g/mol. The molecule has 3 aromatic carbocycles. The van der Waals surface area contributed by atoms with Crippen LogP contribution in [0.2, 0.25) is 5.02 Å². The Bertz CT molecular complexity index is 1080. The monoisotopic (exact) mass is 390 g/mol. The van der Waals surface area contributed by atoms with Gasteiger partial charge in [0.25, 0.3) is 0 Å². The van der Waals surface area contributed by atoms with E-state index in [1.165, 1.54) is 4.68 Å². The number of ketones is 1. The molecule has 0 amide bonds. The lowest BCUT2D eigenvalue weighted by Gasteiger charge is -2.07. The number of aromatic nitrogens is 4. The Kier molecular flexibility index (Phi) is 5.12. The van der Waals surface area contributed by atoms with Crippen LogP contribution in [0.3, 0.4) is 0 Å². The van der Waals surface area contributed by atoms with E-state index in [2.05, 4.69) is 15.5 Å². The predicted octanol–water partition coefficient (Wildman–Crippen LogP) is 4.67. The zero-order chi connectivity index (χ0) is 19.3. The van der Waals surface area contributed by atoms with Crippen LogP contribution in [0.5, 0.6) is 11.5 Å². The van der Waals surface area contributed by atoms with Crippen LogP contribution in [-0.2, 0) is 6.54 Å². The Morgan fingerprint density at radius 2 is 1.57 bits per heavy atom. The number of benzene rings is 3. The van der Waals surface area contributed by atoms with Gasteiger partial charge < -0.3 is 4.74 Å². The molecule has 0 radical (unpaired) electrons. The number of carbonyl (C=O) groups is 1. The molecular formula is C21H15ClN4O2. The van der Waals surface area contributed by atoms with Gasteiger partial charge in [-0.05, 0) is 71.1 Å². The Morgan fingerprint density at radius 1 is 0.893 bits per heavy atom. The molecular weight excluding hydrogens is 376 g/mol. The largest absolute Gasteiger partial charge is 0.457 e. The number of carbonyl (C=O) groups excluding carboxylic acids is 1. The molecule has 0 N–H and O–H groups in total. The van der Waals surface area contributed by atoms with E-state index >= 15 is 0 Å². The smallest absolute Gasteiger partial charge is 0.184 e. The minimum Gasteiger partial charge on any atom is -0.457 e. The molecule has 0 aliphatic carbocycles. The summed E-state index contributed by atoms with van der Waals surface area (Å²) >= 11 is 5.92. The first-order chi connectivity index (χ1) is 13.7. The number of Topliss-reactive ketones (excluding diaryl/α,β-unsaturated/α-hetero) is 1. The molecule has 6 nitrogen and oxygen atoms in total. The normalized spacial score (nSPS) is 10.6. The molecule has 7 heteroatoms. The maximum atomic E-state index is 12.6. The molecule has 1 heterocycles. The minimum atomic E-state index is -0.103. The third-order valence-corrected chi connectivity index (χ3v) is 4.33. The van der Waals surface area contributed by atoms with E-state index in [4.69, 9.17) is 16.3 Å². The van der Waals surface area contributed by atoms with Crippen molar-refractivity contribution in [3.8, 4) is 22.9 Å². The van der Waals surface area contributed by atoms with Crippen molar-refractivity contribution in [2.75, 3.05) is 0 Å². The summed E-state index contributed by atoms with van der Waals surface area (Å²) in [4.78, 5) is 12.6. The zero-order valence-corrected chi connectivity index (χ0v) is 15.5. The number of nitrogens with zero attached hydrogens (tertiary/aromatic N) is 4. The predicted molar refractivity (Wildman–Crippen MR) is 106 cm³/mol. The first-order valence-corrected chi connectivity index (χ1v) is 8.95. The zero-order valence-electron chi connectivity index (χ0n) is 14.7. The maximum absolute atomic E-state index is 12.6. The molecule has 1 aromatic heterocycles. The summed E-state index contributed by atoms with van der Waals surface area (Å²) in [6.45, 7) is 0.0316. The minimum absolute atomic E-state index is 0.0316. The fraction of sp³-hybridized carbons (Fsp3) is 0.0476. The average Bonchev–Trinajstić information content (AvgIpc) is 3.18. The lowest BCUT2D eigenvalue weighted by atomic mass is 10.1. The van der Waals surface area contributed by atoms with Gasteiger partial charge in [-0.25, -0.2) is 4.68 Å². The Labute approximate surface area is 166 Å². The van der Waals surface area contributed by atoms with Gasteiger partial charge in [-0.3, -0.25) is 4.79 Å². The quantitative estimate of drug-likeness (QED) is 0.447. The Hall–Kier alpha value is -3.51. The van der Waals surface area contributed by atoms with E-state index in [1.807, 2.05) is 42.5 Å². The first kappa shape index (κ1) is 17.9. The summed E-state index contributed by atoms with van der Waals surface area (Å²) in [6, 6.07) is 23.6. The van der Waals surface area contributed by atoms with Crippen molar-refractivity contribution < 1.29 is 9.53 Å². The topological polar surface area (TPSA) is 69.9 Å². The van der Waals surface area contributed by atoms with Gasteiger partial charge in [0.05, 0.1) is 0 Å². The molecule has 28 heavy (non-hydrogen) atoms. The highest BCUT2D eigenvalue weighted by Gasteiger charge is 2.14. The van der Waals surface area contributed by atoms with Crippen LogP contribution in [0.15, 0.2) is 78.9 Å². The number of halogens is 1. The maximum Gasteiger partial charge on any atom is 0.184 e. The summed E-state index contributed by atoms with van der Waals surface area (Å²) in [5.74, 6) is 1.80. The molecule has 0 bridgehead atoms. The number of hydrogen-bond acceptors (Lipinski definition) is 5. The Morgan fingerprint density at radius 3 is 2.29 bits per heavy atom. The fourth-order valence-corrected chi connectivity index (χ4v) is 2.80. The van der Waals surface area contributed by atoms with E-state index in [9.17, 15) is 4.79 Å². The van der Waals surface area contributed by atoms with Crippen molar-refractivity contribution in [1.29, 1.82) is 0 Å². The van der Waals surface area contributed by atoms with Crippen molar-refractivity contribution in [3.05, 3.63) is 89.4 Å². The van der Waals surface area contributed by atoms with Crippen LogP contribution in [0.1, 0.15) is 10.4 Å². The summed E-state index contributed by atoms with van der Waals surface area (Å²) < 4.78 is 7.22. The van der Waals surface area contributed by atoms with Crippen molar-refractivity contribution >= 4 is 17.4 Å². The standard InChI is InChI=1S/C21H15ClN4O2/c22-17-10-6-16(7-11-17)21-23-24-25-26(21)14-20(27)15-8-12-19(13-9-15)28-18-4-2-1-3-5-18/h1-13H,14H2. The summed E-state index contributed by atoms with van der Waals surface area (Å²) in [6.07, 6.45) is 0. The van der Waals surface area contributed by atoms with Crippen molar-refractivity contribution in [3.63, 3.8) is 0 Å². The Balaban J connectivity index is 1.47. The van der Waals surface area contributed by atoms with Gasteiger partial charge in [0, 0.05) is 16.1 Å². The van der Waals surface area contributed by atoms with Crippen molar-refractivity contribution in [2.45, 2.75) is 6.54 Å². The first-order valence-electron chi connectivity index (χ1n) is 8.57. The number of hydrogen-bond donors (Lipinski definition) is 0. The highest BCUT2D eigenvalue weighted by molar-refractivity contribution is 6.30. The molecule has 0 fully saturated rings.